The molecule has 0 bridgehead atoms. The van der Waals surface area contributed by atoms with Gasteiger partial charge in [0, 0.05) is 16.7 Å². The Kier molecular flexibility index (Phi) is 4.37. The van der Waals surface area contributed by atoms with Crippen molar-refractivity contribution in [2.75, 3.05) is 0 Å². The summed E-state index contributed by atoms with van der Waals surface area (Å²) in [6.45, 7) is 7.52. The highest BCUT2D eigenvalue weighted by Gasteiger charge is 2.53. The lowest BCUT2D eigenvalue weighted by Gasteiger charge is -2.32. The minimum atomic E-state index is -1.03. The highest BCUT2D eigenvalue weighted by molar-refractivity contribution is 6.54. The maximum Gasteiger partial charge on any atom is 0.525 e. The van der Waals surface area contributed by atoms with Gasteiger partial charge >= 0.3 is 7.12 Å². The lowest BCUT2D eigenvalue weighted by Crippen LogP contribution is -2.41. The minimum absolute atomic E-state index is 0.396. The van der Waals surface area contributed by atoms with Crippen LogP contribution in [0.15, 0.2) is 46.5 Å². The van der Waals surface area contributed by atoms with Crippen LogP contribution >= 0.6 is 11.6 Å². The largest absolute Gasteiger partial charge is 0.525 e. The summed E-state index contributed by atoms with van der Waals surface area (Å²) in [7, 11) is -1.03. The number of furan rings is 1. The molecule has 3 nitrogen and oxygen atoms in total. The van der Waals surface area contributed by atoms with E-state index in [0.29, 0.717) is 16.5 Å². The molecule has 1 aromatic heterocycles. The molecule has 2 aromatic rings. The minimum Gasteiger partial charge on any atom is -0.457 e. The second-order valence-corrected chi connectivity index (χ2v) is 7.26. The van der Waals surface area contributed by atoms with E-state index in [1.165, 1.54) is 6.08 Å². The molecule has 1 saturated heterocycles. The molecule has 1 aromatic carbocycles. The van der Waals surface area contributed by atoms with E-state index in [0.717, 1.165) is 5.56 Å². The first kappa shape index (κ1) is 17.3. The standard InChI is InChI=1S/C18H19BClFO3/c1-17(2)18(3,4)24-19(23-17)16(21)11-14-9-10-15(22-14)12-5-7-13(20)8-6-12/h5-11H,1-4H3. The lowest BCUT2D eigenvalue weighted by atomic mass is 9.87. The fourth-order valence-electron chi connectivity index (χ4n) is 2.36. The van der Waals surface area contributed by atoms with Crippen LogP contribution in [-0.4, -0.2) is 18.3 Å². The van der Waals surface area contributed by atoms with Crippen LogP contribution in [0.1, 0.15) is 33.5 Å². The van der Waals surface area contributed by atoms with Crippen LogP contribution in [0, 0.1) is 0 Å². The van der Waals surface area contributed by atoms with Gasteiger partial charge in [0.05, 0.1) is 11.2 Å². The SMILES string of the molecule is CC1(C)OB(C(F)=Cc2ccc(-c3ccc(Cl)cc3)o2)OC1(C)C. The molecule has 2 heterocycles. The van der Waals surface area contributed by atoms with Crippen LogP contribution in [-0.2, 0) is 9.31 Å². The summed E-state index contributed by atoms with van der Waals surface area (Å²) in [6, 6.07) is 10.7. The summed E-state index contributed by atoms with van der Waals surface area (Å²) < 4.78 is 31.5. The Labute approximate surface area is 146 Å². The second-order valence-electron chi connectivity index (χ2n) is 6.83. The van der Waals surface area contributed by atoms with E-state index in [1.54, 1.807) is 24.3 Å². The summed E-state index contributed by atoms with van der Waals surface area (Å²) in [4.78, 5) is 0. The van der Waals surface area contributed by atoms with Gasteiger partial charge in [0.15, 0.2) is 0 Å². The van der Waals surface area contributed by atoms with E-state index in [9.17, 15) is 4.39 Å². The summed E-state index contributed by atoms with van der Waals surface area (Å²) >= 11 is 5.87. The average Bonchev–Trinajstić information content (AvgIpc) is 3.02. The van der Waals surface area contributed by atoms with E-state index in [-0.39, 0.29) is 0 Å². The van der Waals surface area contributed by atoms with E-state index >= 15 is 0 Å². The first-order chi connectivity index (χ1) is 11.2. The Balaban J connectivity index is 1.79. The van der Waals surface area contributed by atoms with Crippen LogP contribution in [0.25, 0.3) is 17.4 Å². The van der Waals surface area contributed by atoms with Crippen molar-refractivity contribution in [2.24, 2.45) is 0 Å². The first-order valence-corrected chi connectivity index (χ1v) is 8.14. The monoisotopic (exact) mass is 348 g/mol. The van der Waals surface area contributed by atoms with Crippen LogP contribution in [0.5, 0.6) is 0 Å². The van der Waals surface area contributed by atoms with E-state index in [1.807, 2.05) is 39.8 Å². The quantitative estimate of drug-likeness (QED) is 0.682. The highest BCUT2D eigenvalue weighted by Crippen LogP contribution is 2.39. The van der Waals surface area contributed by atoms with Gasteiger partial charge in [-0.2, -0.15) is 0 Å². The van der Waals surface area contributed by atoms with Gasteiger partial charge in [0.1, 0.15) is 17.2 Å². The number of benzene rings is 1. The van der Waals surface area contributed by atoms with Crippen molar-refractivity contribution in [3.8, 4) is 11.3 Å². The Hall–Kier alpha value is -1.56. The van der Waals surface area contributed by atoms with E-state index in [2.05, 4.69) is 0 Å². The maximum atomic E-state index is 14.5. The topological polar surface area (TPSA) is 31.6 Å². The molecule has 1 fully saturated rings. The van der Waals surface area contributed by atoms with Crippen LogP contribution in [0.3, 0.4) is 0 Å². The van der Waals surface area contributed by atoms with Crippen LogP contribution < -0.4 is 0 Å². The average molecular weight is 349 g/mol. The predicted molar refractivity (Wildman–Crippen MR) is 94.3 cm³/mol. The third kappa shape index (κ3) is 3.29. The number of rotatable bonds is 3. The maximum absolute atomic E-state index is 14.5. The number of halogens is 2. The normalized spacial score (nSPS) is 19.8. The molecular weight excluding hydrogens is 329 g/mol. The molecule has 1 aliphatic rings. The lowest BCUT2D eigenvalue weighted by molar-refractivity contribution is 0.00578. The molecule has 0 aliphatic carbocycles. The van der Waals surface area contributed by atoms with Gasteiger partial charge in [0.25, 0.3) is 0 Å². The summed E-state index contributed by atoms with van der Waals surface area (Å²) in [6.07, 6.45) is 1.29. The van der Waals surface area contributed by atoms with Crippen molar-refractivity contribution >= 4 is 24.8 Å². The van der Waals surface area contributed by atoms with Crippen molar-refractivity contribution < 1.29 is 18.1 Å². The number of hydrogen-bond acceptors (Lipinski definition) is 3. The fraction of sp³-hybridized carbons (Fsp3) is 0.333. The zero-order valence-electron chi connectivity index (χ0n) is 14.1. The molecule has 0 saturated carbocycles. The van der Waals surface area contributed by atoms with Crippen LogP contribution in [0.2, 0.25) is 5.02 Å². The van der Waals surface area contributed by atoms with Gasteiger partial charge in [0.2, 0.25) is 0 Å². The predicted octanol–water partition coefficient (Wildman–Crippen LogP) is 5.54. The van der Waals surface area contributed by atoms with Crippen molar-refractivity contribution in [1.82, 2.24) is 0 Å². The molecule has 126 valence electrons. The molecule has 0 spiro atoms. The summed E-state index contributed by atoms with van der Waals surface area (Å²) in [5, 5.41) is 0.650. The van der Waals surface area contributed by atoms with Crippen molar-refractivity contribution in [1.29, 1.82) is 0 Å². The molecule has 6 heteroatoms. The molecule has 0 N–H and O–H groups in total. The van der Waals surface area contributed by atoms with Gasteiger partial charge in [-0.1, -0.05) is 11.6 Å². The zero-order chi connectivity index (χ0) is 17.5. The highest BCUT2D eigenvalue weighted by atomic mass is 35.5. The molecule has 24 heavy (non-hydrogen) atoms. The molecule has 0 amide bonds. The van der Waals surface area contributed by atoms with Gasteiger partial charge < -0.3 is 13.7 Å². The molecule has 1 aliphatic heterocycles. The van der Waals surface area contributed by atoms with Gasteiger partial charge in [-0.05, 0) is 64.1 Å². The van der Waals surface area contributed by atoms with Crippen LogP contribution in [0.4, 0.5) is 4.39 Å². The second kappa shape index (κ2) is 6.06. The van der Waals surface area contributed by atoms with Crippen molar-refractivity contribution in [3.05, 3.63) is 52.9 Å². The van der Waals surface area contributed by atoms with E-state index < -0.39 is 24.0 Å². The molecule has 0 atom stereocenters. The fourth-order valence-corrected chi connectivity index (χ4v) is 2.49. The smallest absolute Gasteiger partial charge is 0.457 e. The van der Waals surface area contributed by atoms with Gasteiger partial charge in [-0.25, -0.2) is 4.39 Å². The number of hydrogen-bond donors (Lipinski definition) is 0. The Morgan fingerprint density at radius 3 is 2.17 bits per heavy atom. The Bertz CT molecular complexity index is 749. The molecule has 3 rings (SSSR count). The summed E-state index contributed by atoms with van der Waals surface area (Å²) in [5.41, 5.74) is -0.818. The third-order valence-corrected chi connectivity index (χ3v) is 4.77. The Morgan fingerprint density at radius 2 is 1.58 bits per heavy atom. The zero-order valence-corrected chi connectivity index (χ0v) is 14.9. The molecular formula is C18H19BClFO3. The van der Waals surface area contributed by atoms with Gasteiger partial charge in [-0.15, -0.1) is 0 Å². The first-order valence-electron chi connectivity index (χ1n) is 7.76. The molecule has 0 unspecified atom stereocenters. The summed E-state index contributed by atoms with van der Waals surface area (Å²) in [5.74, 6) is 1.03. The van der Waals surface area contributed by atoms with Crippen molar-refractivity contribution in [3.63, 3.8) is 0 Å². The third-order valence-electron chi connectivity index (χ3n) is 4.51. The van der Waals surface area contributed by atoms with E-state index in [4.69, 9.17) is 25.3 Å². The van der Waals surface area contributed by atoms with Gasteiger partial charge in [-0.3, -0.25) is 0 Å². The Morgan fingerprint density at radius 1 is 1.00 bits per heavy atom. The van der Waals surface area contributed by atoms with Crippen molar-refractivity contribution in [2.45, 2.75) is 38.9 Å². The molecule has 0 radical (unpaired) electrons.